The first-order valence-corrected chi connectivity index (χ1v) is 5.74. The Morgan fingerprint density at radius 2 is 1.82 bits per heavy atom. The predicted octanol–water partition coefficient (Wildman–Crippen LogP) is 3.60. The van der Waals surface area contributed by atoms with Crippen LogP contribution in [0.25, 0.3) is 10.6 Å². The van der Waals surface area contributed by atoms with E-state index in [1.807, 2.05) is 0 Å². The van der Waals surface area contributed by atoms with Gasteiger partial charge in [-0.1, -0.05) is 0 Å². The van der Waals surface area contributed by atoms with Crippen LogP contribution in [0.15, 0.2) is 18.2 Å². The minimum absolute atomic E-state index is 0.0943. The van der Waals surface area contributed by atoms with Crippen LogP contribution in [0.4, 0.5) is 8.78 Å². The normalized spacial score (nSPS) is 10.6. The Labute approximate surface area is 101 Å². The largest absolute Gasteiger partial charge is 0.294 e. The van der Waals surface area contributed by atoms with Gasteiger partial charge < -0.3 is 0 Å². The van der Waals surface area contributed by atoms with Crippen molar-refractivity contribution in [2.75, 3.05) is 0 Å². The highest BCUT2D eigenvalue weighted by Gasteiger charge is 2.13. The summed E-state index contributed by atoms with van der Waals surface area (Å²) in [5, 5.41) is 0.450. The topological polar surface area (TPSA) is 30.0 Å². The summed E-state index contributed by atoms with van der Waals surface area (Å²) in [6, 6.07) is 3.20. The van der Waals surface area contributed by atoms with Gasteiger partial charge in [-0.15, -0.1) is 11.3 Å². The molecule has 1 heterocycles. The Hall–Kier alpha value is -1.62. The number of halogens is 2. The first kappa shape index (κ1) is 11.9. The van der Waals surface area contributed by atoms with E-state index in [1.54, 1.807) is 6.92 Å². The summed E-state index contributed by atoms with van der Waals surface area (Å²) < 4.78 is 26.1. The highest BCUT2D eigenvalue weighted by Crippen LogP contribution is 2.29. The standard InChI is InChI=1S/C12H9F2NOS/c1-6-11(7(2)16)17-12(15-6)8-3-9(13)5-10(14)4-8/h3-5H,1-2H3. The molecule has 0 aliphatic heterocycles. The maximum absolute atomic E-state index is 13.0. The van der Waals surface area contributed by atoms with Crippen LogP contribution in [0.3, 0.4) is 0 Å². The van der Waals surface area contributed by atoms with Gasteiger partial charge in [0.25, 0.3) is 0 Å². The average Bonchev–Trinajstić information content (AvgIpc) is 2.59. The van der Waals surface area contributed by atoms with Gasteiger partial charge in [-0.3, -0.25) is 4.79 Å². The quantitative estimate of drug-likeness (QED) is 0.765. The van der Waals surface area contributed by atoms with Crippen molar-refractivity contribution in [2.24, 2.45) is 0 Å². The van der Waals surface area contributed by atoms with Crippen molar-refractivity contribution in [1.82, 2.24) is 4.98 Å². The monoisotopic (exact) mass is 253 g/mol. The molecule has 88 valence electrons. The summed E-state index contributed by atoms with van der Waals surface area (Å²) in [6.45, 7) is 3.14. The molecule has 0 spiro atoms. The number of thiazole rings is 1. The summed E-state index contributed by atoms with van der Waals surface area (Å²) in [5.74, 6) is -1.41. The second-order valence-electron chi connectivity index (χ2n) is 3.65. The maximum Gasteiger partial charge on any atom is 0.171 e. The second kappa shape index (κ2) is 4.33. The van der Waals surface area contributed by atoms with E-state index in [-0.39, 0.29) is 5.78 Å². The van der Waals surface area contributed by atoms with Gasteiger partial charge in [-0.2, -0.15) is 0 Å². The van der Waals surface area contributed by atoms with E-state index in [2.05, 4.69) is 4.98 Å². The second-order valence-corrected chi connectivity index (χ2v) is 4.65. The molecule has 0 unspecified atom stereocenters. The first-order valence-electron chi connectivity index (χ1n) is 4.92. The SMILES string of the molecule is CC(=O)c1sc(-c2cc(F)cc(F)c2)nc1C. The van der Waals surface area contributed by atoms with E-state index in [4.69, 9.17) is 0 Å². The lowest BCUT2D eigenvalue weighted by Crippen LogP contribution is -1.89. The zero-order valence-electron chi connectivity index (χ0n) is 9.25. The van der Waals surface area contributed by atoms with Gasteiger partial charge in [0, 0.05) is 18.6 Å². The Balaban J connectivity index is 2.53. The minimum Gasteiger partial charge on any atom is -0.294 e. The van der Waals surface area contributed by atoms with E-state index in [0.717, 1.165) is 17.4 Å². The number of nitrogens with zero attached hydrogens (tertiary/aromatic N) is 1. The number of aromatic nitrogens is 1. The van der Waals surface area contributed by atoms with Crippen molar-refractivity contribution in [3.05, 3.63) is 40.4 Å². The fourth-order valence-corrected chi connectivity index (χ4v) is 2.47. The number of Topliss-reactive ketones (excluding diaryl/α,β-unsaturated/α-hetero) is 1. The lowest BCUT2D eigenvalue weighted by Gasteiger charge is -1.96. The van der Waals surface area contributed by atoms with E-state index < -0.39 is 11.6 Å². The number of rotatable bonds is 2. The molecule has 17 heavy (non-hydrogen) atoms. The lowest BCUT2D eigenvalue weighted by atomic mass is 10.2. The van der Waals surface area contributed by atoms with Crippen LogP contribution in [-0.4, -0.2) is 10.8 Å². The van der Waals surface area contributed by atoms with Crippen LogP contribution in [0, 0.1) is 18.6 Å². The molecule has 0 aliphatic rings. The number of hydrogen-bond donors (Lipinski definition) is 0. The average molecular weight is 253 g/mol. The molecule has 0 amide bonds. The minimum atomic E-state index is -0.655. The summed E-state index contributed by atoms with van der Waals surface area (Å²) in [5.41, 5.74) is 0.935. The van der Waals surface area contributed by atoms with Gasteiger partial charge in [0.15, 0.2) is 5.78 Å². The Morgan fingerprint density at radius 1 is 1.24 bits per heavy atom. The number of carbonyl (C=O) groups excluding carboxylic acids is 1. The molecule has 0 radical (unpaired) electrons. The molecule has 0 fully saturated rings. The van der Waals surface area contributed by atoms with Crippen molar-refractivity contribution < 1.29 is 13.6 Å². The molecule has 1 aromatic carbocycles. The molecule has 0 saturated carbocycles. The zero-order valence-corrected chi connectivity index (χ0v) is 10.1. The van der Waals surface area contributed by atoms with Crippen molar-refractivity contribution in [2.45, 2.75) is 13.8 Å². The Kier molecular flexibility index (Phi) is 3.02. The molecular weight excluding hydrogens is 244 g/mol. The lowest BCUT2D eigenvalue weighted by molar-refractivity contribution is 0.102. The van der Waals surface area contributed by atoms with Crippen molar-refractivity contribution in [3.63, 3.8) is 0 Å². The van der Waals surface area contributed by atoms with E-state index in [0.29, 0.717) is 21.1 Å². The number of aryl methyl sites for hydroxylation is 1. The van der Waals surface area contributed by atoms with Crippen LogP contribution in [-0.2, 0) is 0 Å². The molecule has 0 atom stereocenters. The van der Waals surface area contributed by atoms with Gasteiger partial charge >= 0.3 is 0 Å². The van der Waals surface area contributed by atoms with Crippen LogP contribution >= 0.6 is 11.3 Å². The Morgan fingerprint density at radius 3 is 2.29 bits per heavy atom. The van der Waals surface area contributed by atoms with Crippen LogP contribution in [0.2, 0.25) is 0 Å². The van der Waals surface area contributed by atoms with Crippen LogP contribution in [0.1, 0.15) is 22.3 Å². The number of benzene rings is 1. The third kappa shape index (κ3) is 2.39. The molecule has 2 nitrogen and oxygen atoms in total. The molecule has 1 aromatic heterocycles. The summed E-state index contributed by atoms with van der Waals surface area (Å²) in [4.78, 5) is 15.9. The zero-order chi connectivity index (χ0) is 12.6. The van der Waals surface area contributed by atoms with E-state index >= 15 is 0 Å². The van der Waals surface area contributed by atoms with Crippen molar-refractivity contribution in [3.8, 4) is 10.6 Å². The number of hydrogen-bond acceptors (Lipinski definition) is 3. The molecule has 0 aliphatic carbocycles. The van der Waals surface area contributed by atoms with Gasteiger partial charge in [-0.05, 0) is 19.1 Å². The fraction of sp³-hybridized carbons (Fsp3) is 0.167. The first-order chi connectivity index (χ1) is 7.97. The number of ketones is 1. The van der Waals surface area contributed by atoms with Gasteiger partial charge in [0.1, 0.15) is 16.6 Å². The summed E-state index contributed by atoms with van der Waals surface area (Å²) in [6.07, 6.45) is 0. The maximum atomic E-state index is 13.0. The van der Waals surface area contributed by atoms with Crippen molar-refractivity contribution >= 4 is 17.1 Å². The summed E-state index contributed by atoms with van der Waals surface area (Å²) in [7, 11) is 0. The third-order valence-corrected chi connectivity index (χ3v) is 3.53. The highest BCUT2D eigenvalue weighted by atomic mass is 32.1. The van der Waals surface area contributed by atoms with Gasteiger partial charge in [0.2, 0.25) is 0 Å². The molecule has 0 bridgehead atoms. The molecule has 0 saturated heterocycles. The molecule has 0 N–H and O–H groups in total. The Bertz CT molecular complexity index is 572. The molecule has 2 rings (SSSR count). The van der Waals surface area contributed by atoms with Crippen LogP contribution < -0.4 is 0 Å². The smallest absolute Gasteiger partial charge is 0.171 e. The van der Waals surface area contributed by atoms with Gasteiger partial charge in [0.05, 0.1) is 10.6 Å². The van der Waals surface area contributed by atoms with Gasteiger partial charge in [-0.25, -0.2) is 13.8 Å². The third-order valence-electron chi connectivity index (χ3n) is 2.23. The van der Waals surface area contributed by atoms with E-state index in [1.165, 1.54) is 19.1 Å². The summed E-state index contributed by atoms with van der Waals surface area (Å²) >= 11 is 1.14. The van der Waals surface area contributed by atoms with Crippen molar-refractivity contribution in [1.29, 1.82) is 0 Å². The highest BCUT2D eigenvalue weighted by molar-refractivity contribution is 7.17. The predicted molar refractivity (Wildman–Crippen MR) is 62.2 cm³/mol. The number of carbonyl (C=O) groups is 1. The molecule has 5 heteroatoms. The van der Waals surface area contributed by atoms with Crippen LogP contribution in [0.5, 0.6) is 0 Å². The van der Waals surface area contributed by atoms with E-state index in [9.17, 15) is 13.6 Å². The fourth-order valence-electron chi connectivity index (χ4n) is 1.52. The molecular formula is C12H9F2NOS. The molecule has 2 aromatic rings.